The molecule has 0 fully saturated rings. The van der Waals surface area contributed by atoms with Crippen molar-refractivity contribution >= 4 is 15.7 Å². The SMILES string of the molecule is CCOC(C)(C)CNS(=O)(=O)c1cc(N)c(F)cc1F. The van der Waals surface area contributed by atoms with E-state index in [1.807, 2.05) is 0 Å². The van der Waals surface area contributed by atoms with E-state index in [9.17, 15) is 17.2 Å². The minimum atomic E-state index is -4.13. The number of ether oxygens (including phenoxy) is 1. The zero-order chi connectivity index (χ0) is 15.6. The molecule has 0 atom stereocenters. The van der Waals surface area contributed by atoms with Crippen LogP contribution >= 0.6 is 0 Å². The van der Waals surface area contributed by atoms with Gasteiger partial charge in [-0.25, -0.2) is 21.9 Å². The lowest BCUT2D eigenvalue weighted by molar-refractivity contribution is -0.00516. The van der Waals surface area contributed by atoms with Crippen LogP contribution in [0.3, 0.4) is 0 Å². The van der Waals surface area contributed by atoms with E-state index < -0.39 is 37.8 Å². The van der Waals surface area contributed by atoms with Crippen molar-refractivity contribution in [3.63, 3.8) is 0 Å². The van der Waals surface area contributed by atoms with Gasteiger partial charge < -0.3 is 10.5 Å². The zero-order valence-corrected chi connectivity index (χ0v) is 12.4. The van der Waals surface area contributed by atoms with Crippen LogP contribution in [0.5, 0.6) is 0 Å². The highest BCUT2D eigenvalue weighted by Crippen LogP contribution is 2.21. The van der Waals surface area contributed by atoms with E-state index in [-0.39, 0.29) is 6.54 Å². The Morgan fingerprint density at radius 3 is 2.45 bits per heavy atom. The number of hydrogen-bond donors (Lipinski definition) is 2. The molecule has 20 heavy (non-hydrogen) atoms. The van der Waals surface area contributed by atoms with Crippen molar-refractivity contribution in [2.24, 2.45) is 0 Å². The van der Waals surface area contributed by atoms with Gasteiger partial charge in [0.05, 0.1) is 11.3 Å². The largest absolute Gasteiger partial charge is 0.396 e. The first kappa shape index (κ1) is 16.8. The van der Waals surface area contributed by atoms with Gasteiger partial charge in [0.1, 0.15) is 16.5 Å². The van der Waals surface area contributed by atoms with E-state index >= 15 is 0 Å². The van der Waals surface area contributed by atoms with E-state index in [1.54, 1.807) is 20.8 Å². The summed E-state index contributed by atoms with van der Waals surface area (Å²) in [7, 11) is -4.13. The molecule has 8 heteroatoms. The predicted molar refractivity (Wildman–Crippen MR) is 71.7 cm³/mol. The number of nitrogens with one attached hydrogen (secondary N) is 1. The molecule has 0 unspecified atom stereocenters. The fourth-order valence-corrected chi connectivity index (χ4v) is 2.83. The summed E-state index contributed by atoms with van der Waals surface area (Å²) in [5, 5.41) is 0. The Bertz CT molecular complexity index is 589. The number of nitrogens with two attached hydrogens (primary N) is 1. The minimum absolute atomic E-state index is 0.0557. The van der Waals surface area contributed by atoms with Gasteiger partial charge in [0, 0.05) is 19.2 Å². The number of sulfonamides is 1. The van der Waals surface area contributed by atoms with E-state index in [0.29, 0.717) is 12.7 Å². The van der Waals surface area contributed by atoms with Gasteiger partial charge in [-0.2, -0.15) is 0 Å². The van der Waals surface area contributed by atoms with Crippen molar-refractivity contribution in [1.82, 2.24) is 4.72 Å². The molecular weight excluding hydrogens is 290 g/mol. The topological polar surface area (TPSA) is 81.4 Å². The molecule has 0 aromatic heterocycles. The highest BCUT2D eigenvalue weighted by atomic mass is 32.2. The summed E-state index contributed by atoms with van der Waals surface area (Å²) in [6.07, 6.45) is 0. The Morgan fingerprint density at radius 1 is 1.30 bits per heavy atom. The monoisotopic (exact) mass is 308 g/mol. The first-order chi connectivity index (χ1) is 9.09. The molecule has 3 N–H and O–H groups in total. The molecule has 0 saturated carbocycles. The molecule has 114 valence electrons. The second kappa shape index (κ2) is 6.02. The quantitative estimate of drug-likeness (QED) is 0.783. The normalized spacial score (nSPS) is 12.7. The average Bonchev–Trinajstić information content (AvgIpc) is 2.31. The fourth-order valence-electron chi connectivity index (χ4n) is 1.54. The molecule has 0 heterocycles. The van der Waals surface area contributed by atoms with Crippen molar-refractivity contribution in [3.05, 3.63) is 23.8 Å². The van der Waals surface area contributed by atoms with Gasteiger partial charge in [-0.15, -0.1) is 0 Å². The molecule has 1 rings (SSSR count). The van der Waals surface area contributed by atoms with Crippen LogP contribution in [0.2, 0.25) is 0 Å². The molecule has 1 aromatic carbocycles. The molecule has 0 aliphatic heterocycles. The zero-order valence-electron chi connectivity index (χ0n) is 11.5. The van der Waals surface area contributed by atoms with Gasteiger partial charge in [-0.05, 0) is 26.8 Å². The lowest BCUT2D eigenvalue weighted by atomic mass is 10.1. The van der Waals surface area contributed by atoms with Crippen LogP contribution in [-0.2, 0) is 14.8 Å². The van der Waals surface area contributed by atoms with Crippen LogP contribution in [-0.4, -0.2) is 27.2 Å². The first-order valence-corrected chi connectivity index (χ1v) is 7.45. The summed E-state index contributed by atoms with van der Waals surface area (Å²) in [5.74, 6) is -2.20. The van der Waals surface area contributed by atoms with Crippen molar-refractivity contribution < 1.29 is 21.9 Å². The molecule has 0 saturated heterocycles. The van der Waals surface area contributed by atoms with E-state index in [1.165, 1.54) is 0 Å². The number of benzene rings is 1. The van der Waals surface area contributed by atoms with E-state index in [4.69, 9.17) is 10.5 Å². The lowest BCUT2D eigenvalue weighted by Gasteiger charge is -2.24. The average molecular weight is 308 g/mol. The third kappa shape index (κ3) is 4.12. The molecule has 0 radical (unpaired) electrons. The number of rotatable bonds is 6. The Labute approximate surface area is 117 Å². The fraction of sp³-hybridized carbons (Fsp3) is 0.500. The third-order valence-corrected chi connectivity index (χ3v) is 3.98. The number of halogens is 2. The maximum Gasteiger partial charge on any atom is 0.243 e. The third-order valence-electron chi connectivity index (χ3n) is 2.56. The summed E-state index contributed by atoms with van der Waals surface area (Å²) in [6.45, 7) is 5.51. The standard InChI is InChI=1S/C12H18F2N2O3S/c1-4-19-12(2,3)7-16-20(17,18)11-6-10(15)8(13)5-9(11)14/h5-6,16H,4,7,15H2,1-3H3. The maximum atomic E-state index is 13.5. The molecule has 5 nitrogen and oxygen atoms in total. The van der Waals surface area contributed by atoms with Crippen molar-refractivity contribution in [2.75, 3.05) is 18.9 Å². The second-order valence-corrected chi connectivity index (χ2v) is 6.56. The van der Waals surface area contributed by atoms with E-state index in [2.05, 4.69) is 4.72 Å². The minimum Gasteiger partial charge on any atom is -0.396 e. The van der Waals surface area contributed by atoms with Crippen molar-refractivity contribution in [3.8, 4) is 0 Å². The van der Waals surface area contributed by atoms with Crippen molar-refractivity contribution in [1.29, 1.82) is 0 Å². The molecule has 0 bridgehead atoms. The van der Waals surface area contributed by atoms with Crippen LogP contribution in [0.4, 0.5) is 14.5 Å². The summed E-state index contributed by atoms with van der Waals surface area (Å²) in [4.78, 5) is -0.691. The van der Waals surface area contributed by atoms with Gasteiger partial charge in [-0.3, -0.25) is 0 Å². The Balaban J connectivity index is 2.98. The van der Waals surface area contributed by atoms with Gasteiger partial charge in [0.15, 0.2) is 0 Å². The van der Waals surface area contributed by atoms with Crippen LogP contribution in [0, 0.1) is 11.6 Å². The first-order valence-electron chi connectivity index (χ1n) is 5.97. The molecular formula is C12H18F2N2O3S. The number of hydrogen-bond acceptors (Lipinski definition) is 4. The van der Waals surface area contributed by atoms with Gasteiger partial charge in [0.2, 0.25) is 10.0 Å². The highest BCUT2D eigenvalue weighted by molar-refractivity contribution is 7.89. The van der Waals surface area contributed by atoms with Crippen LogP contribution in [0.1, 0.15) is 20.8 Å². The Kier molecular flexibility index (Phi) is 5.06. The molecule has 0 spiro atoms. The predicted octanol–water partition coefficient (Wildman–Crippen LogP) is 1.64. The van der Waals surface area contributed by atoms with Crippen LogP contribution in [0.25, 0.3) is 0 Å². The Morgan fingerprint density at radius 2 is 1.90 bits per heavy atom. The molecule has 0 amide bonds. The van der Waals surface area contributed by atoms with Crippen molar-refractivity contribution in [2.45, 2.75) is 31.3 Å². The summed E-state index contributed by atoms with van der Waals surface area (Å²) >= 11 is 0. The van der Waals surface area contributed by atoms with Gasteiger partial charge in [0.25, 0.3) is 0 Å². The molecule has 0 aliphatic rings. The Hall–Kier alpha value is -1.25. The molecule has 1 aromatic rings. The smallest absolute Gasteiger partial charge is 0.243 e. The number of nitrogen functional groups attached to an aromatic ring is 1. The maximum absolute atomic E-state index is 13.5. The summed E-state index contributed by atoms with van der Waals surface area (Å²) in [6, 6.07) is 1.19. The highest BCUT2D eigenvalue weighted by Gasteiger charge is 2.25. The lowest BCUT2D eigenvalue weighted by Crippen LogP contribution is -2.40. The van der Waals surface area contributed by atoms with Crippen LogP contribution < -0.4 is 10.5 Å². The summed E-state index contributed by atoms with van der Waals surface area (Å²) in [5.41, 5.74) is 4.08. The second-order valence-electron chi connectivity index (χ2n) is 4.82. The van der Waals surface area contributed by atoms with Gasteiger partial charge in [-0.1, -0.05) is 0 Å². The van der Waals surface area contributed by atoms with Gasteiger partial charge >= 0.3 is 0 Å². The number of anilines is 1. The van der Waals surface area contributed by atoms with Crippen LogP contribution in [0.15, 0.2) is 17.0 Å². The van der Waals surface area contributed by atoms with E-state index in [0.717, 1.165) is 6.07 Å². The summed E-state index contributed by atoms with van der Waals surface area (Å²) < 4.78 is 58.1. The molecule has 0 aliphatic carbocycles.